The van der Waals surface area contributed by atoms with Gasteiger partial charge in [0, 0.05) is 19.6 Å². The second-order valence-corrected chi connectivity index (χ2v) is 5.18. The van der Waals surface area contributed by atoms with Crippen molar-refractivity contribution in [3.8, 4) is 0 Å². The molecule has 5 nitrogen and oxygen atoms in total. The molecule has 0 unspecified atom stereocenters. The Morgan fingerprint density at radius 1 is 1.26 bits per heavy atom. The summed E-state index contributed by atoms with van der Waals surface area (Å²) in [4.78, 5) is 27.4. The van der Waals surface area contributed by atoms with Gasteiger partial charge in [0.1, 0.15) is 6.54 Å². The number of rotatable bonds is 5. The number of piperidine rings is 1. The van der Waals surface area contributed by atoms with E-state index >= 15 is 0 Å². The van der Waals surface area contributed by atoms with E-state index in [1.165, 1.54) is 0 Å². The van der Waals surface area contributed by atoms with Crippen LogP contribution in [-0.4, -0.2) is 54.6 Å². The van der Waals surface area contributed by atoms with E-state index in [9.17, 15) is 9.59 Å². The molecule has 0 atom stereocenters. The maximum absolute atomic E-state index is 12.4. The third-order valence-electron chi connectivity index (χ3n) is 3.44. The molecule has 0 aromatic heterocycles. The number of carbonyl (C=O) groups excluding carboxylic acids is 2. The average molecular weight is 270 g/mol. The van der Waals surface area contributed by atoms with Crippen LogP contribution >= 0.6 is 0 Å². The number of hydrogen-bond donors (Lipinski definition) is 0. The number of esters is 1. The molecule has 0 radical (unpaired) electrons. The van der Waals surface area contributed by atoms with Gasteiger partial charge in [0.15, 0.2) is 0 Å². The first-order valence-electron chi connectivity index (χ1n) is 7.27. The largest absolute Gasteiger partial charge is 0.465 e. The Morgan fingerprint density at radius 2 is 1.89 bits per heavy atom. The van der Waals surface area contributed by atoms with E-state index in [4.69, 9.17) is 4.74 Å². The van der Waals surface area contributed by atoms with E-state index in [1.807, 2.05) is 11.8 Å². The number of nitrogens with zero attached hydrogens (tertiary/aromatic N) is 2. The van der Waals surface area contributed by atoms with Gasteiger partial charge in [-0.1, -0.05) is 13.8 Å². The molecule has 2 amide bonds. The van der Waals surface area contributed by atoms with Crippen LogP contribution in [0.25, 0.3) is 0 Å². The van der Waals surface area contributed by atoms with E-state index in [2.05, 4.69) is 6.92 Å². The van der Waals surface area contributed by atoms with Crippen LogP contribution in [0.4, 0.5) is 4.79 Å². The smallest absolute Gasteiger partial charge is 0.325 e. The van der Waals surface area contributed by atoms with Crippen LogP contribution < -0.4 is 0 Å². The predicted molar refractivity (Wildman–Crippen MR) is 73.9 cm³/mol. The van der Waals surface area contributed by atoms with E-state index < -0.39 is 0 Å². The normalized spacial score (nSPS) is 16.3. The lowest BCUT2D eigenvalue weighted by molar-refractivity contribution is -0.143. The van der Waals surface area contributed by atoms with Crippen LogP contribution in [0.15, 0.2) is 0 Å². The molecule has 1 aliphatic heterocycles. The van der Waals surface area contributed by atoms with Gasteiger partial charge in [0.25, 0.3) is 0 Å². The molecule has 0 aliphatic carbocycles. The molecule has 1 rings (SSSR count). The SMILES string of the molecule is CCCN(CC(=O)OCC)C(=O)N1CCC(C)CC1. The second kappa shape index (κ2) is 8.02. The van der Waals surface area contributed by atoms with Crippen LogP contribution in [0.5, 0.6) is 0 Å². The highest BCUT2D eigenvalue weighted by Gasteiger charge is 2.25. The van der Waals surface area contributed by atoms with Crippen molar-refractivity contribution in [1.82, 2.24) is 9.80 Å². The first-order chi connectivity index (χ1) is 9.08. The van der Waals surface area contributed by atoms with E-state index in [0.717, 1.165) is 32.4 Å². The summed E-state index contributed by atoms with van der Waals surface area (Å²) >= 11 is 0. The fraction of sp³-hybridized carbons (Fsp3) is 0.857. The van der Waals surface area contributed by atoms with Crippen molar-refractivity contribution < 1.29 is 14.3 Å². The van der Waals surface area contributed by atoms with Crippen molar-refractivity contribution in [2.45, 2.75) is 40.0 Å². The molecule has 1 aliphatic rings. The minimum absolute atomic E-state index is 0.0261. The van der Waals surface area contributed by atoms with Crippen LogP contribution in [0.2, 0.25) is 0 Å². The molecule has 0 aromatic carbocycles. The van der Waals surface area contributed by atoms with Gasteiger partial charge in [0.2, 0.25) is 0 Å². The minimum Gasteiger partial charge on any atom is -0.465 e. The van der Waals surface area contributed by atoms with Gasteiger partial charge >= 0.3 is 12.0 Å². The highest BCUT2D eigenvalue weighted by Crippen LogP contribution is 2.17. The Hall–Kier alpha value is -1.26. The standard InChI is InChI=1S/C14H26N2O3/c1-4-8-16(11-13(17)19-5-2)14(18)15-9-6-12(3)7-10-15/h12H,4-11H2,1-3H3. The highest BCUT2D eigenvalue weighted by atomic mass is 16.5. The van der Waals surface area contributed by atoms with Gasteiger partial charge in [-0.05, 0) is 32.1 Å². The Morgan fingerprint density at radius 3 is 2.42 bits per heavy atom. The molecule has 0 N–H and O–H groups in total. The highest BCUT2D eigenvalue weighted by molar-refractivity contribution is 5.81. The van der Waals surface area contributed by atoms with Crippen molar-refractivity contribution >= 4 is 12.0 Å². The lowest BCUT2D eigenvalue weighted by Crippen LogP contribution is -2.48. The van der Waals surface area contributed by atoms with Crippen LogP contribution in [0.1, 0.15) is 40.0 Å². The quantitative estimate of drug-likeness (QED) is 0.719. The van der Waals surface area contributed by atoms with Crippen molar-refractivity contribution in [3.63, 3.8) is 0 Å². The van der Waals surface area contributed by atoms with Crippen molar-refractivity contribution in [1.29, 1.82) is 0 Å². The third-order valence-corrected chi connectivity index (χ3v) is 3.44. The van der Waals surface area contributed by atoms with E-state index in [1.54, 1.807) is 11.8 Å². The lowest BCUT2D eigenvalue weighted by Gasteiger charge is -2.34. The molecule has 0 bridgehead atoms. The molecular weight excluding hydrogens is 244 g/mol. The number of likely N-dealkylation sites (tertiary alicyclic amines) is 1. The summed E-state index contributed by atoms with van der Waals surface area (Å²) in [6, 6.07) is -0.0261. The second-order valence-electron chi connectivity index (χ2n) is 5.18. The van der Waals surface area contributed by atoms with Crippen LogP contribution in [0, 0.1) is 5.92 Å². The summed E-state index contributed by atoms with van der Waals surface area (Å²) in [6.07, 6.45) is 2.94. The molecule has 5 heteroatoms. The zero-order valence-corrected chi connectivity index (χ0v) is 12.4. The lowest BCUT2D eigenvalue weighted by atomic mass is 9.99. The Labute approximate surface area is 115 Å². The zero-order chi connectivity index (χ0) is 14.3. The van der Waals surface area contributed by atoms with Gasteiger partial charge < -0.3 is 14.5 Å². The summed E-state index contributed by atoms with van der Waals surface area (Å²) in [5, 5.41) is 0. The fourth-order valence-corrected chi connectivity index (χ4v) is 2.27. The summed E-state index contributed by atoms with van der Waals surface area (Å²) in [7, 11) is 0. The molecular formula is C14H26N2O3. The topological polar surface area (TPSA) is 49.9 Å². The number of carbonyl (C=O) groups is 2. The van der Waals surface area contributed by atoms with Gasteiger partial charge in [-0.25, -0.2) is 4.79 Å². The molecule has 0 aromatic rings. The van der Waals surface area contributed by atoms with Gasteiger partial charge in [0.05, 0.1) is 6.61 Å². The summed E-state index contributed by atoms with van der Waals surface area (Å²) < 4.78 is 4.92. The predicted octanol–water partition coefficient (Wildman–Crippen LogP) is 2.11. The van der Waals surface area contributed by atoms with E-state index in [0.29, 0.717) is 19.1 Å². The Bertz CT molecular complexity index is 299. The number of hydrogen-bond acceptors (Lipinski definition) is 3. The molecule has 1 saturated heterocycles. The zero-order valence-electron chi connectivity index (χ0n) is 12.4. The first-order valence-corrected chi connectivity index (χ1v) is 7.27. The first kappa shape index (κ1) is 15.8. The van der Waals surface area contributed by atoms with Crippen molar-refractivity contribution in [2.75, 3.05) is 32.8 Å². The fourth-order valence-electron chi connectivity index (χ4n) is 2.27. The van der Waals surface area contributed by atoms with Gasteiger partial charge in [-0.15, -0.1) is 0 Å². The van der Waals surface area contributed by atoms with Crippen molar-refractivity contribution in [2.24, 2.45) is 5.92 Å². The molecule has 0 saturated carbocycles. The third kappa shape index (κ3) is 5.09. The summed E-state index contributed by atoms with van der Waals surface area (Å²) in [5.41, 5.74) is 0. The minimum atomic E-state index is -0.324. The van der Waals surface area contributed by atoms with E-state index in [-0.39, 0.29) is 18.5 Å². The maximum atomic E-state index is 12.4. The van der Waals surface area contributed by atoms with Gasteiger partial charge in [-0.3, -0.25) is 4.79 Å². The molecule has 1 heterocycles. The van der Waals surface area contributed by atoms with Crippen LogP contribution in [0.3, 0.4) is 0 Å². The Kier molecular flexibility index (Phi) is 6.67. The Balaban J connectivity index is 2.54. The molecule has 110 valence electrons. The summed E-state index contributed by atoms with van der Waals surface area (Å²) in [6.45, 7) is 8.60. The van der Waals surface area contributed by atoms with Crippen molar-refractivity contribution in [3.05, 3.63) is 0 Å². The summed E-state index contributed by atoms with van der Waals surface area (Å²) in [5.74, 6) is 0.364. The van der Waals surface area contributed by atoms with Gasteiger partial charge in [-0.2, -0.15) is 0 Å². The number of urea groups is 1. The maximum Gasteiger partial charge on any atom is 0.325 e. The monoisotopic (exact) mass is 270 g/mol. The average Bonchev–Trinajstić information content (AvgIpc) is 2.38. The molecule has 19 heavy (non-hydrogen) atoms. The van der Waals surface area contributed by atoms with Crippen LogP contribution in [-0.2, 0) is 9.53 Å². The molecule has 0 spiro atoms. The number of ether oxygens (including phenoxy) is 1. The molecule has 1 fully saturated rings. The number of amides is 2.